The highest BCUT2D eigenvalue weighted by atomic mass is 16.5. The zero-order chi connectivity index (χ0) is 22.7. The number of pyridine rings is 1. The first-order chi connectivity index (χ1) is 16.0. The topological polar surface area (TPSA) is 86.9 Å². The molecule has 1 atom stereocenters. The van der Waals surface area contributed by atoms with E-state index in [-0.39, 0.29) is 12.1 Å². The molecule has 1 N–H and O–H groups in total. The number of aryl methyl sites for hydroxylation is 3. The fraction of sp³-hybridized carbons (Fsp3) is 0.200. The van der Waals surface area contributed by atoms with Gasteiger partial charge in [0.15, 0.2) is 0 Å². The van der Waals surface area contributed by atoms with Crippen molar-refractivity contribution < 1.29 is 9.53 Å². The van der Waals surface area contributed by atoms with Crippen LogP contribution in [0.25, 0.3) is 33.1 Å². The summed E-state index contributed by atoms with van der Waals surface area (Å²) < 4.78 is 9.14. The normalized spacial score (nSPS) is 15.1. The number of fused-ring (bicyclic) bond motifs is 4. The minimum absolute atomic E-state index is 0.265. The maximum Gasteiger partial charge on any atom is 0.343 e. The number of para-hydroxylation sites is 1. The molecule has 8 heteroatoms. The summed E-state index contributed by atoms with van der Waals surface area (Å²) in [5, 5.41) is 13.9. The summed E-state index contributed by atoms with van der Waals surface area (Å²) in [6, 6.07) is 15.2. The molecule has 0 radical (unpaired) electrons. The fourth-order valence-electron chi connectivity index (χ4n) is 4.63. The van der Waals surface area contributed by atoms with Crippen LogP contribution >= 0.6 is 0 Å². The second-order valence-corrected chi connectivity index (χ2v) is 8.38. The number of nitrogens with one attached hydrogen (secondary N) is 1. The van der Waals surface area contributed by atoms with Gasteiger partial charge in [0.2, 0.25) is 0 Å². The molecule has 1 amide bonds. The van der Waals surface area contributed by atoms with E-state index in [2.05, 4.69) is 15.5 Å². The molecule has 0 spiro atoms. The van der Waals surface area contributed by atoms with Gasteiger partial charge in [0.1, 0.15) is 12.4 Å². The highest BCUT2D eigenvalue weighted by Gasteiger charge is 2.28. The summed E-state index contributed by atoms with van der Waals surface area (Å²) in [6.07, 6.45) is 1.91. The van der Waals surface area contributed by atoms with Gasteiger partial charge in [0.05, 0.1) is 28.5 Å². The lowest BCUT2D eigenvalue weighted by Crippen LogP contribution is -2.33. The zero-order valence-electron chi connectivity index (χ0n) is 18.5. The lowest BCUT2D eigenvalue weighted by molar-refractivity contribution is 0.231. The number of hydrogen-bond acceptors (Lipinski definition) is 5. The number of hydrogen-bond donors (Lipinski definition) is 1. The lowest BCUT2D eigenvalue weighted by atomic mass is 10.0. The largest absolute Gasteiger partial charge is 0.491 e. The van der Waals surface area contributed by atoms with Crippen LogP contribution in [0.15, 0.2) is 54.7 Å². The maximum atomic E-state index is 13.4. The molecule has 5 aromatic rings. The van der Waals surface area contributed by atoms with E-state index in [1.807, 2.05) is 75.6 Å². The van der Waals surface area contributed by atoms with Gasteiger partial charge in [0.25, 0.3) is 0 Å². The molecule has 6 rings (SSSR count). The third kappa shape index (κ3) is 3.06. The Bertz CT molecular complexity index is 1560. The Kier molecular flexibility index (Phi) is 4.23. The molecule has 0 saturated carbocycles. The summed E-state index contributed by atoms with van der Waals surface area (Å²) in [5.41, 5.74) is 6.05. The number of amides is 1. The first-order valence-electron chi connectivity index (χ1n) is 10.8. The Morgan fingerprint density at radius 1 is 1.09 bits per heavy atom. The molecule has 0 bridgehead atoms. The van der Waals surface area contributed by atoms with E-state index in [1.165, 1.54) is 4.68 Å². The van der Waals surface area contributed by atoms with Gasteiger partial charge in [-0.25, -0.2) is 4.79 Å². The monoisotopic (exact) mass is 438 g/mol. The van der Waals surface area contributed by atoms with E-state index in [4.69, 9.17) is 9.72 Å². The number of benzene rings is 2. The average Bonchev–Trinajstić information content (AvgIpc) is 3.51. The smallest absolute Gasteiger partial charge is 0.343 e. The highest BCUT2D eigenvalue weighted by molar-refractivity contribution is 6.08. The van der Waals surface area contributed by atoms with Crippen molar-refractivity contribution in [3.05, 3.63) is 71.7 Å². The SMILES string of the molecule is Cc1nc2ccccc2c2c1c(C)nn2C(=O)N[C@@H]1COc2cc(-c3ccn(C)n3)ccc21. The van der Waals surface area contributed by atoms with Crippen LogP contribution in [0.5, 0.6) is 5.75 Å². The Balaban J connectivity index is 1.35. The number of carbonyl (C=O) groups excluding carboxylic acids is 1. The van der Waals surface area contributed by atoms with Gasteiger partial charge in [-0.1, -0.05) is 30.3 Å². The lowest BCUT2D eigenvalue weighted by Gasteiger charge is -2.13. The van der Waals surface area contributed by atoms with Crippen LogP contribution in [-0.2, 0) is 7.05 Å². The molecule has 3 aromatic heterocycles. The molecule has 8 nitrogen and oxygen atoms in total. The predicted molar refractivity (Wildman–Crippen MR) is 125 cm³/mol. The number of ether oxygens (including phenoxy) is 1. The second-order valence-electron chi connectivity index (χ2n) is 8.38. The molecule has 2 aromatic carbocycles. The van der Waals surface area contributed by atoms with Crippen LogP contribution in [0.3, 0.4) is 0 Å². The maximum absolute atomic E-state index is 13.4. The molecule has 0 aliphatic carbocycles. The molecule has 4 heterocycles. The summed E-state index contributed by atoms with van der Waals surface area (Å²) in [7, 11) is 1.89. The van der Waals surface area contributed by atoms with Gasteiger partial charge in [0, 0.05) is 40.8 Å². The van der Waals surface area contributed by atoms with Crippen molar-refractivity contribution in [1.82, 2.24) is 29.9 Å². The standard InChI is InChI=1S/C25H22N6O2/c1-14-23-15(2)28-31(24(23)18-6-4-5-7-20(18)26-14)25(32)27-21-13-33-22-12-16(8-9-17(21)22)19-10-11-30(3)29-19/h4-12,21H,13H2,1-3H3,(H,27,32)/t21-/m1/s1. The van der Waals surface area contributed by atoms with E-state index in [9.17, 15) is 4.79 Å². The molecule has 0 fully saturated rings. The molecular weight excluding hydrogens is 416 g/mol. The number of nitrogens with zero attached hydrogens (tertiary/aromatic N) is 5. The minimum Gasteiger partial charge on any atom is -0.491 e. The Labute approximate surface area is 189 Å². The van der Waals surface area contributed by atoms with Gasteiger partial charge in [-0.3, -0.25) is 9.67 Å². The third-order valence-electron chi connectivity index (χ3n) is 6.16. The van der Waals surface area contributed by atoms with Gasteiger partial charge in [-0.05, 0) is 32.0 Å². The minimum atomic E-state index is -0.292. The fourth-order valence-corrected chi connectivity index (χ4v) is 4.63. The summed E-state index contributed by atoms with van der Waals surface area (Å²) >= 11 is 0. The summed E-state index contributed by atoms with van der Waals surface area (Å²) in [6.45, 7) is 4.22. The predicted octanol–water partition coefficient (Wildman–Crippen LogP) is 4.29. The van der Waals surface area contributed by atoms with Crippen molar-refractivity contribution in [2.45, 2.75) is 19.9 Å². The molecule has 1 aliphatic rings. The zero-order valence-corrected chi connectivity index (χ0v) is 18.5. The second kappa shape index (κ2) is 7.16. The quantitative estimate of drug-likeness (QED) is 0.444. The molecule has 164 valence electrons. The van der Waals surface area contributed by atoms with Crippen molar-refractivity contribution in [2.24, 2.45) is 7.05 Å². The number of aromatic nitrogens is 5. The van der Waals surface area contributed by atoms with Crippen molar-refractivity contribution in [2.75, 3.05) is 6.61 Å². The van der Waals surface area contributed by atoms with Crippen molar-refractivity contribution in [3.8, 4) is 17.0 Å². The number of carbonyl (C=O) groups is 1. The van der Waals surface area contributed by atoms with E-state index in [1.54, 1.807) is 4.68 Å². The first-order valence-corrected chi connectivity index (χ1v) is 10.8. The van der Waals surface area contributed by atoms with Crippen LogP contribution < -0.4 is 10.1 Å². The van der Waals surface area contributed by atoms with Crippen molar-refractivity contribution in [1.29, 1.82) is 0 Å². The average molecular weight is 438 g/mol. The molecular formula is C25H22N6O2. The van der Waals surface area contributed by atoms with Gasteiger partial charge in [-0.15, -0.1) is 0 Å². The first kappa shape index (κ1) is 19.5. The Hall–Kier alpha value is -4.20. The third-order valence-corrected chi connectivity index (χ3v) is 6.16. The van der Waals surface area contributed by atoms with Crippen LogP contribution in [-0.4, -0.2) is 37.2 Å². The summed E-state index contributed by atoms with van der Waals surface area (Å²) in [5.74, 6) is 0.760. The Morgan fingerprint density at radius 3 is 2.76 bits per heavy atom. The van der Waals surface area contributed by atoms with E-state index in [0.29, 0.717) is 6.61 Å². The van der Waals surface area contributed by atoms with Gasteiger partial charge in [-0.2, -0.15) is 14.9 Å². The van der Waals surface area contributed by atoms with Crippen LogP contribution in [0.1, 0.15) is 23.0 Å². The van der Waals surface area contributed by atoms with Gasteiger partial charge < -0.3 is 10.1 Å². The molecule has 33 heavy (non-hydrogen) atoms. The highest BCUT2D eigenvalue weighted by Crippen LogP contribution is 2.36. The molecule has 0 unspecified atom stereocenters. The van der Waals surface area contributed by atoms with E-state index in [0.717, 1.165) is 55.8 Å². The van der Waals surface area contributed by atoms with Gasteiger partial charge >= 0.3 is 6.03 Å². The van der Waals surface area contributed by atoms with Crippen LogP contribution in [0.4, 0.5) is 4.79 Å². The number of rotatable bonds is 2. The van der Waals surface area contributed by atoms with Crippen LogP contribution in [0, 0.1) is 13.8 Å². The van der Waals surface area contributed by atoms with Crippen molar-refractivity contribution in [3.63, 3.8) is 0 Å². The van der Waals surface area contributed by atoms with E-state index < -0.39 is 0 Å². The molecule has 1 aliphatic heterocycles. The molecule has 0 saturated heterocycles. The van der Waals surface area contributed by atoms with E-state index >= 15 is 0 Å². The summed E-state index contributed by atoms with van der Waals surface area (Å²) in [4.78, 5) is 18.1. The van der Waals surface area contributed by atoms with Crippen molar-refractivity contribution >= 4 is 27.8 Å². The van der Waals surface area contributed by atoms with Crippen LogP contribution in [0.2, 0.25) is 0 Å². The Morgan fingerprint density at radius 2 is 1.94 bits per heavy atom.